The van der Waals surface area contributed by atoms with Crippen LogP contribution in [0.2, 0.25) is 0 Å². The van der Waals surface area contributed by atoms with Gasteiger partial charge >= 0.3 is 0 Å². The molecule has 0 aromatic heterocycles. The van der Waals surface area contributed by atoms with Gasteiger partial charge in [0, 0.05) is 12.5 Å². The molecule has 0 spiro atoms. The van der Waals surface area contributed by atoms with Crippen LogP contribution in [0.15, 0.2) is 37.0 Å². The molecule has 2 aliphatic rings. The minimum atomic E-state index is 0.211. The smallest absolute Gasteiger partial charge is 0.223 e. The van der Waals surface area contributed by atoms with Gasteiger partial charge in [-0.05, 0) is 76.1 Å². The first-order valence-electron chi connectivity index (χ1n) is 10.0. The third-order valence-corrected chi connectivity index (χ3v) is 6.00. The molecule has 25 heavy (non-hydrogen) atoms. The summed E-state index contributed by atoms with van der Waals surface area (Å²) in [5.41, 5.74) is 1.31. The van der Waals surface area contributed by atoms with E-state index in [4.69, 9.17) is 0 Å². The molecule has 140 valence electrons. The van der Waals surface area contributed by atoms with Gasteiger partial charge in [0.15, 0.2) is 0 Å². The van der Waals surface area contributed by atoms with E-state index >= 15 is 0 Å². The molecule has 2 fully saturated rings. The molecule has 2 rings (SSSR count). The second-order valence-electron chi connectivity index (χ2n) is 7.85. The summed E-state index contributed by atoms with van der Waals surface area (Å²) in [5.74, 6) is 1.75. The highest BCUT2D eigenvalue weighted by Crippen LogP contribution is 2.31. The van der Waals surface area contributed by atoms with Gasteiger partial charge in [-0.1, -0.05) is 44.2 Å². The highest BCUT2D eigenvalue weighted by molar-refractivity contribution is 5.78. The van der Waals surface area contributed by atoms with Gasteiger partial charge in [-0.2, -0.15) is 0 Å². The Morgan fingerprint density at radius 1 is 1.04 bits per heavy atom. The molecule has 0 aromatic carbocycles. The first-order valence-corrected chi connectivity index (χ1v) is 10.0. The molecule has 0 radical (unpaired) electrons. The fourth-order valence-corrected chi connectivity index (χ4v) is 4.27. The fraction of sp³-hybridized carbons (Fsp3) is 0.682. The van der Waals surface area contributed by atoms with Crippen LogP contribution < -0.4 is 5.32 Å². The average Bonchev–Trinajstić information content (AvgIpc) is 2.59. The fourth-order valence-electron chi connectivity index (χ4n) is 4.27. The zero-order valence-electron chi connectivity index (χ0n) is 16.0. The van der Waals surface area contributed by atoms with Gasteiger partial charge in [0.2, 0.25) is 5.91 Å². The number of nitrogens with zero attached hydrogens (tertiary/aromatic N) is 1. The lowest BCUT2D eigenvalue weighted by molar-refractivity contribution is -0.125. The van der Waals surface area contributed by atoms with Gasteiger partial charge in [-0.25, -0.2) is 0 Å². The quantitative estimate of drug-likeness (QED) is 0.727. The van der Waals surface area contributed by atoms with Gasteiger partial charge in [0.05, 0.1) is 0 Å². The van der Waals surface area contributed by atoms with Crippen LogP contribution >= 0.6 is 0 Å². The Balaban J connectivity index is 1.75. The monoisotopic (exact) mass is 344 g/mol. The predicted octanol–water partition coefficient (Wildman–Crippen LogP) is 4.33. The van der Waals surface area contributed by atoms with Crippen molar-refractivity contribution in [1.29, 1.82) is 0 Å². The second-order valence-corrected chi connectivity index (χ2v) is 7.85. The number of hydrogen-bond acceptors (Lipinski definition) is 2. The number of nitrogens with one attached hydrogen (secondary N) is 1. The molecule has 1 saturated heterocycles. The summed E-state index contributed by atoms with van der Waals surface area (Å²) in [6.07, 6.45) is 14.9. The molecule has 3 heteroatoms. The Labute approximate surface area is 154 Å². The van der Waals surface area contributed by atoms with Crippen molar-refractivity contribution in [3.63, 3.8) is 0 Å². The SMILES string of the molecule is C=C/C=C(\C=C)C1CCCC(C(=O)NCC2CCN(C)CC2)CCC1. The summed E-state index contributed by atoms with van der Waals surface area (Å²) in [7, 11) is 2.18. The van der Waals surface area contributed by atoms with E-state index in [0.29, 0.717) is 17.7 Å². The number of carbonyl (C=O) groups is 1. The minimum Gasteiger partial charge on any atom is -0.356 e. The number of carbonyl (C=O) groups excluding carboxylic acids is 1. The molecule has 1 amide bonds. The van der Waals surface area contributed by atoms with Crippen LogP contribution in [0.3, 0.4) is 0 Å². The van der Waals surface area contributed by atoms with Crippen LogP contribution in [-0.4, -0.2) is 37.5 Å². The van der Waals surface area contributed by atoms with Crippen LogP contribution in [0, 0.1) is 17.8 Å². The predicted molar refractivity (Wildman–Crippen MR) is 106 cm³/mol. The zero-order valence-corrected chi connectivity index (χ0v) is 16.0. The Kier molecular flexibility index (Phi) is 8.47. The number of likely N-dealkylation sites (tertiary alicyclic amines) is 1. The summed E-state index contributed by atoms with van der Waals surface area (Å²) in [6, 6.07) is 0. The molecule has 1 saturated carbocycles. The van der Waals surface area contributed by atoms with Crippen LogP contribution in [-0.2, 0) is 4.79 Å². The van der Waals surface area contributed by atoms with Crippen molar-refractivity contribution < 1.29 is 4.79 Å². The molecular formula is C22H36N2O. The van der Waals surface area contributed by atoms with E-state index in [1.807, 2.05) is 12.2 Å². The molecule has 0 atom stereocenters. The highest BCUT2D eigenvalue weighted by Gasteiger charge is 2.24. The van der Waals surface area contributed by atoms with Gasteiger partial charge < -0.3 is 10.2 Å². The lowest BCUT2D eigenvalue weighted by Gasteiger charge is -2.30. The van der Waals surface area contributed by atoms with E-state index in [-0.39, 0.29) is 5.92 Å². The van der Waals surface area contributed by atoms with Crippen LogP contribution in [0.4, 0.5) is 0 Å². The summed E-state index contributed by atoms with van der Waals surface area (Å²) in [6.45, 7) is 10.9. The number of amides is 1. The first kappa shape index (κ1) is 20.0. The van der Waals surface area contributed by atoms with Crippen molar-refractivity contribution >= 4 is 5.91 Å². The van der Waals surface area contributed by atoms with Crippen LogP contribution in [0.5, 0.6) is 0 Å². The summed E-state index contributed by atoms with van der Waals surface area (Å²) in [4.78, 5) is 15.0. The lowest BCUT2D eigenvalue weighted by atomic mass is 9.81. The summed E-state index contributed by atoms with van der Waals surface area (Å²) >= 11 is 0. The van der Waals surface area contributed by atoms with Gasteiger partial charge in [-0.3, -0.25) is 4.79 Å². The number of hydrogen-bond donors (Lipinski definition) is 1. The molecular weight excluding hydrogens is 308 g/mol. The van der Waals surface area contributed by atoms with E-state index in [9.17, 15) is 4.79 Å². The second kappa shape index (κ2) is 10.6. The van der Waals surface area contributed by atoms with Crippen LogP contribution in [0.1, 0.15) is 51.4 Å². The third-order valence-electron chi connectivity index (χ3n) is 6.00. The van der Waals surface area contributed by atoms with E-state index in [1.54, 1.807) is 0 Å². The summed E-state index contributed by atoms with van der Waals surface area (Å²) < 4.78 is 0. The standard InChI is InChI=1S/C22H36N2O/c1-4-8-19(5-2)20-9-6-11-21(12-7-10-20)22(25)23-17-18-13-15-24(3)16-14-18/h4-5,8,18,20-21H,1-2,6-7,9-17H2,3H3,(H,23,25)/b19-8+. The van der Waals surface area contributed by atoms with E-state index in [0.717, 1.165) is 58.2 Å². The Morgan fingerprint density at radius 2 is 1.64 bits per heavy atom. The van der Waals surface area contributed by atoms with Gasteiger partial charge in [0.25, 0.3) is 0 Å². The summed E-state index contributed by atoms with van der Waals surface area (Å²) in [5, 5.41) is 3.25. The van der Waals surface area contributed by atoms with Crippen molar-refractivity contribution in [3.05, 3.63) is 37.0 Å². The maximum absolute atomic E-state index is 12.6. The topological polar surface area (TPSA) is 32.3 Å². The highest BCUT2D eigenvalue weighted by atomic mass is 16.1. The number of rotatable bonds is 6. The molecule has 0 unspecified atom stereocenters. The number of piperidine rings is 1. The molecule has 3 nitrogen and oxygen atoms in total. The normalized spacial score (nSPS) is 27.2. The Bertz CT molecular complexity index is 464. The molecule has 1 N–H and O–H groups in total. The van der Waals surface area contributed by atoms with Crippen molar-refractivity contribution in [1.82, 2.24) is 10.2 Å². The Hall–Kier alpha value is -1.35. The lowest BCUT2D eigenvalue weighted by Crippen LogP contribution is -2.39. The molecule has 0 bridgehead atoms. The maximum Gasteiger partial charge on any atom is 0.223 e. The average molecular weight is 345 g/mol. The molecule has 1 aliphatic carbocycles. The van der Waals surface area contributed by atoms with Gasteiger partial charge in [-0.15, -0.1) is 0 Å². The largest absolute Gasteiger partial charge is 0.356 e. The van der Waals surface area contributed by atoms with Crippen molar-refractivity contribution in [2.75, 3.05) is 26.7 Å². The molecule has 1 aliphatic heterocycles. The van der Waals surface area contributed by atoms with Crippen LogP contribution in [0.25, 0.3) is 0 Å². The zero-order chi connectivity index (χ0) is 18.1. The van der Waals surface area contributed by atoms with Crippen molar-refractivity contribution in [2.24, 2.45) is 17.8 Å². The number of allylic oxidation sites excluding steroid dienone is 4. The van der Waals surface area contributed by atoms with E-state index in [1.165, 1.54) is 18.4 Å². The Morgan fingerprint density at radius 3 is 2.20 bits per heavy atom. The molecule has 0 aromatic rings. The van der Waals surface area contributed by atoms with E-state index in [2.05, 4.69) is 36.5 Å². The minimum absolute atomic E-state index is 0.211. The third kappa shape index (κ3) is 6.47. The van der Waals surface area contributed by atoms with Gasteiger partial charge in [0.1, 0.15) is 0 Å². The van der Waals surface area contributed by atoms with Crippen molar-refractivity contribution in [2.45, 2.75) is 51.4 Å². The first-order chi connectivity index (χ1) is 12.1. The van der Waals surface area contributed by atoms with Crippen molar-refractivity contribution in [3.8, 4) is 0 Å². The van der Waals surface area contributed by atoms with E-state index < -0.39 is 0 Å². The maximum atomic E-state index is 12.6. The molecule has 1 heterocycles.